The van der Waals surface area contributed by atoms with E-state index in [2.05, 4.69) is 185 Å². The summed E-state index contributed by atoms with van der Waals surface area (Å²) in [4.78, 5) is 16.0. The number of aromatic nitrogens is 5. The van der Waals surface area contributed by atoms with Crippen molar-refractivity contribution in [3.63, 3.8) is 0 Å². The number of nitrogens with zero attached hydrogens (tertiary/aromatic N) is 5. The van der Waals surface area contributed by atoms with Crippen molar-refractivity contribution in [3.8, 4) is 34.4 Å². The molecule has 6 nitrogen and oxygen atoms in total. The summed E-state index contributed by atoms with van der Waals surface area (Å²) in [5.41, 5.74) is 8.58. The maximum absolute atomic E-state index is 6.82. The van der Waals surface area contributed by atoms with Crippen molar-refractivity contribution in [2.45, 2.75) is 0 Å². The van der Waals surface area contributed by atoms with Gasteiger partial charge in [0.25, 0.3) is 0 Å². The Bertz CT molecular complexity index is 3820. The minimum absolute atomic E-state index is 0.553. The highest BCUT2D eigenvalue weighted by atomic mass is 16.3. The summed E-state index contributed by atoms with van der Waals surface area (Å²) in [6.07, 6.45) is 0. The third-order valence-corrected chi connectivity index (χ3v) is 11.9. The van der Waals surface area contributed by atoms with Gasteiger partial charge in [0.2, 0.25) is 5.95 Å². The van der Waals surface area contributed by atoms with E-state index in [9.17, 15) is 0 Å². The second-order valence-electron chi connectivity index (χ2n) is 15.3. The molecule has 9 aromatic carbocycles. The number of hydrogen-bond donors (Lipinski definition) is 0. The molecule has 0 aliphatic carbocycles. The van der Waals surface area contributed by atoms with Gasteiger partial charge in [0, 0.05) is 43.4 Å². The van der Waals surface area contributed by atoms with Crippen LogP contribution in [-0.2, 0) is 0 Å². The number of furan rings is 1. The van der Waals surface area contributed by atoms with Crippen LogP contribution in [0.25, 0.3) is 122 Å². The monoisotopic (exact) mass is 753 g/mol. The smallest absolute Gasteiger partial charge is 0.238 e. The first-order valence-electron chi connectivity index (χ1n) is 19.9. The van der Waals surface area contributed by atoms with Gasteiger partial charge in [-0.3, -0.25) is 4.57 Å². The molecule has 4 heterocycles. The molecule has 0 atom stereocenters. The van der Waals surface area contributed by atoms with Gasteiger partial charge in [0.15, 0.2) is 17.2 Å². The topological polar surface area (TPSA) is 61.7 Å². The fraction of sp³-hybridized carbons (Fsp3) is 0. The average Bonchev–Trinajstić information content (AvgIpc) is 3.95. The molecule has 59 heavy (non-hydrogen) atoms. The number of benzene rings is 9. The van der Waals surface area contributed by atoms with Crippen LogP contribution in [0, 0.1) is 0 Å². The molecule has 13 rings (SSSR count). The van der Waals surface area contributed by atoms with Crippen molar-refractivity contribution < 1.29 is 4.42 Å². The Kier molecular flexibility index (Phi) is 6.63. The van der Waals surface area contributed by atoms with E-state index in [1.54, 1.807) is 0 Å². The van der Waals surface area contributed by atoms with Crippen molar-refractivity contribution in [3.05, 3.63) is 188 Å². The Morgan fingerprint density at radius 3 is 1.59 bits per heavy atom. The molecule has 0 unspecified atom stereocenters. The second kappa shape index (κ2) is 12.2. The van der Waals surface area contributed by atoms with Gasteiger partial charge in [0.05, 0.1) is 27.8 Å². The van der Waals surface area contributed by atoms with Crippen LogP contribution in [0.1, 0.15) is 0 Å². The molecule has 0 radical (unpaired) electrons. The number of rotatable bonds is 4. The standard InChI is InChI=1S/C53H31N5O/c1-2-14-33-27-36(26-25-32(33)13-1)51-54-52(56-53(55-51)58-45-22-10-5-17-38(45)39-18-6-11-23-46(39)58)37-29-43-41-20-8-12-24-49(41)59-50(43)48(31-37)57-44-21-9-7-19-40(44)42-28-34-15-3-4-16-35(34)30-47(42)57/h1-31H. The van der Waals surface area contributed by atoms with Gasteiger partial charge in [-0.15, -0.1) is 0 Å². The highest BCUT2D eigenvalue weighted by Crippen LogP contribution is 2.42. The van der Waals surface area contributed by atoms with Crippen molar-refractivity contribution in [2.24, 2.45) is 0 Å². The van der Waals surface area contributed by atoms with Crippen LogP contribution >= 0.6 is 0 Å². The van der Waals surface area contributed by atoms with E-state index >= 15 is 0 Å². The van der Waals surface area contributed by atoms with E-state index in [4.69, 9.17) is 19.4 Å². The Morgan fingerprint density at radius 1 is 0.339 bits per heavy atom. The molecular weight excluding hydrogens is 723 g/mol. The Hall–Kier alpha value is -8.09. The minimum Gasteiger partial charge on any atom is -0.454 e. The summed E-state index contributed by atoms with van der Waals surface area (Å²) in [7, 11) is 0. The molecule has 0 aliphatic rings. The summed E-state index contributed by atoms with van der Waals surface area (Å²) in [6.45, 7) is 0. The largest absolute Gasteiger partial charge is 0.454 e. The lowest BCUT2D eigenvalue weighted by Crippen LogP contribution is -2.06. The van der Waals surface area contributed by atoms with Crippen LogP contribution in [-0.4, -0.2) is 24.1 Å². The Balaban J connectivity index is 1.15. The lowest BCUT2D eigenvalue weighted by atomic mass is 10.1. The maximum atomic E-state index is 6.82. The minimum atomic E-state index is 0.553. The molecule has 0 bridgehead atoms. The normalized spacial score (nSPS) is 12.1. The van der Waals surface area contributed by atoms with E-state index in [0.29, 0.717) is 17.6 Å². The second-order valence-corrected chi connectivity index (χ2v) is 15.3. The Morgan fingerprint density at radius 2 is 0.881 bits per heavy atom. The van der Waals surface area contributed by atoms with Gasteiger partial charge in [-0.2, -0.15) is 9.97 Å². The fourth-order valence-corrected chi connectivity index (χ4v) is 9.21. The van der Waals surface area contributed by atoms with Crippen LogP contribution in [0.3, 0.4) is 0 Å². The summed E-state index contributed by atoms with van der Waals surface area (Å²) in [6, 6.07) is 66.2. The van der Waals surface area contributed by atoms with Crippen molar-refractivity contribution >= 4 is 87.1 Å². The van der Waals surface area contributed by atoms with Crippen molar-refractivity contribution in [2.75, 3.05) is 0 Å². The third kappa shape index (κ3) is 4.77. The van der Waals surface area contributed by atoms with Crippen molar-refractivity contribution in [1.29, 1.82) is 0 Å². The van der Waals surface area contributed by atoms with Crippen molar-refractivity contribution in [1.82, 2.24) is 24.1 Å². The predicted octanol–water partition coefficient (Wildman–Crippen LogP) is 13.6. The Labute approximate surface area is 336 Å². The quantitative estimate of drug-likeness (QED) is 0.180. The van der Waals surface area contributed by atoms with E-state index < -0.39 is 0 Å². The van der Waals surface area contributed by atoms with Crippen LogP contribution in [0.5, 0.6) is 0 Å². The first kappa shape index (κ1) is 32.0. The van der Waals surface area contributed by atoms with Gasteiger partial charge in [0.1, 0.15) is 5.58 Å². The number of fused-ring (bicyclic) bond motifs is 11. The van der Waals surface area contributed by atoms with E-state index in [0.717, 1.165) is 82.4 Å². The number of hydrogen-bond acceptors (Lipinski definition) is 4. The molecule has 0 N–H and O–H groups in total. The molecule has 0 fully saturated rings. The summed E-state index contributed by atoms with van der Waals surface area (Å²) in [5.74, 6) is 1.72. The summed E-state index contributed by atoms with van der Waals surface area (Å²) in [5, 5.41) is 11.3. The van der Waals surface area contributed by atoms with Gasteiger partial charge in [-0.05, 0) is 76.1 Å². The van der Waals surface area contributed by atoms with Crippen LogP contribution < -0.4 is 0 Å². The van der Waals surface area contributed by atoms with E-state index in [1.807, 2.05) is 12.1 Å². The lowest BCUT2D eigenvalue weighted by molar-refractivity contribution is 0.666. The first-order chi connectivity index (χ1) is 29.2. The zero-order valence-electron chi connectivity index (χ0n) is 31.5. The van der Waals surface area contributed by atoms with Gasteiger partial charge in [-0.1, -0.05) is 133 Å². The SMILES string of the molecule is c1ccc2cc(-c3nc(-c4cc(-n5c6ccccc6c6cc7ccccc7cc65)c5oc6ccccc6c5c4)nc(-n4c5ccccc5c5ccccc54)n3)ccc2c1. The van der Waals surface area contributed by atoms with E-state index in [1.165, 1.54) is 21.5 Å². The van der Waals surface area contributed by atoms with E-state index in [-0.39, 0.29) is 0 Å². The molecule has 0 amide bonds. The van der Waals surface area contributed by atoms with Crippen LogP contribution in [0.4, 0.5) is 0 Å². The molecule has 0 spiro atoms. The molecule has 13 aromatic rings. The summed E-state index contributed by atoms with van der Waals surface area (Å²) < 4.78 is 11.3. The highest BCUT2D eigenvalue weighted by molar-refractivity contribution is 6.16. The molecule has 6 heteroatoms. The van der Waals surface area contributed by atoms with Crippen LogP contribution in [0.15, 0.2) is 192 Å². The zero-order chi connectivity index (χ0) is 38.6. The molecule has 0 saturated heterocycles. The molecule has 0 aliphatic heterocycles. The third-order valence-electron chi connectivity index (χ3n) is 11.9. The molecule has 4 aromatic heterocycles. The molecule has 0 saturated carbocycles. The lowest BCUT2D eigenvalue weighted by Gasteiger charge is -2.14. The van der Waals surface area contributed by atoms with Gasteiger partial charge >= 0.3 is 0 Å². The molecule has 274 valence electrons. The first-order valence-corrected chi connectivity index (χ1v) is 19.9. The maximum Gasteiger partial charge on any atom is 0.238 e. The molecular formula is C53H31N5O. The highest BCUT2D eigenvalue weighted by Gasteiger charge is 2.23. The fourth-order valence-electron chi connectivity index (χ4n) is 9.21. The predicted molar refractivity (Wildman–Crippen MR) is 242 cm³/mol. The van der Waals surface area contributed by atoms with Crippen LogP contribution in [0.2, 0.25) is 0 Å². The van der Waals surface area contributed by atoms with Gasteiger partial charge < -0.3 is 8.98 Å². The zero-order valence-corrected chi connectivity index (χ0v) is 31.5. The number of para-hydroxylation sites is 4. The van der Waals surface area contributed by atoms with Gasteiger partial charge in [-0.25, -0.2) is 4.98 Å². The summed E-state index contributed by atoms with van der Waals surface area (Å²) >= 11 is 0. The average molecular weight is 754 g/mol.